The smallest absolute Gasteiger partial charge is 0.171 e. The molecule has 0 aliphatic carbocycles. The van der Waals surface area contributed by atoms with E-state index in [9.17, 15) is 0 Å². The highest BCUT2D eigenvalue weighted by Gasteiger charge is 2.20. The van der Waals surface area contributed by atoms with Crippen molar-refractivity contribution in [3.63, 3.8) is 0 Å². The van der Waals surface area contributed by atoms with Crippen LogP contribution in [0.1, 0.15) is 55.4 Å². The van der Waals surface area contributed by atoms with Crippen LogP contribution in [0.2, 0.25) is 0 Å². The Labute approximate surface area is 132 Å². The lowest BCUT2D eigenvalue weighted by Gasteiger charge is -2.37. The minimum absolute atomic E-state index is 0.645. The summed E-state index contributed by atoms with van der Waals surface area (Å²) in [5, 5.41) is 1.05. The molecule has 0 aromatic rings. The maximum absolute atomic E-state index is 5.82. The molecular formula is C17H36N2S. The molecule has 0 rings (SSSR count). The molecule has 3 heteroatoms. The number of hydrogen-bond donors (Lipinski definition) is 0. The minimum atomic E-state index is 0.645. The summed E-state index contributed by atoms with van der Waals surface area (Å²) in [5.41, 5.74) is 0. The molecule has 0 unspecified atom stereocenters. The lowest BCUT2D eigenvalue weighted by atomic mass is 10.1. The summed E-state index contributed by atoms with van der Waals surface area (Å²) in [7, 11) is 0. The van der Waals surface area contributed by atoms with E-state index < -0.39 is 0 Å². The number of thiocarbonyl (C=S) groups is 1. The average Bonchev–Trinajstić information content (AvgIpc) is 2.23. The molecule has 0 radical (unpaired) electrons. The van der Waals surface area contributed by atoms with Gasteiger partial charge in [0.1, 0.15) is 0 Å². The van der Waals surface area contributed by atoms with Crippen LogP contribution in [0.25, 0.3) is 0 Å². The van der Waals surface area contributed by atoms with E-state index in [1.54, 1.807) is 0 Å². The van der Waals surface area contributed by atoms with Crippen LogP contribution in [0.4, 0.5) is 0 Å². The third-order valence-corrected chi connectivity index (χ3v) is 3.40. The zero-order valence-electron chi connectivity index (χ0n) is 14.9. The first kappa shape index (κ1) is 19.7. The van der Waals surface area contributed by atoms with Crippen molar-refractivity contribution in [2.24, 2.45) is 23.7 Å². The Balaban J connectivity index is 4.91. The van der Waals surface area contributed by atoms with E-state index in [4.69, 9.17) is 12.2 Å². The van der Waals surface area contributed by atoms with Crippen molar-refractivity contribution >= 4 is 17.3 Å². The molecule has 0 spiro atoms. The Morgan fingerprint density at radius 3 is 0.950 bits per heavy atom. The summed E-state index contributed by atoms with van der Waals surface area (Å²) in [6.45, 7) is 22.4. The zero-order valence-corrected chi connectivity index (χ0v) is 15.8. The Kier molecular flexibility index (Phi) is 9.45. The van der Waals surface area contributed by atoms with Gasteiger partial charge in [-0.1, -0.05) is 55.4 Å². The molecule has 20 heavy (non-hydrogen) atoms. The molecule has 0 fully saturated rings. The second kappa shape index (κ2) is 9.59. The Bertz CT molecular complexity index is 226. The molecule has 2 nitrogen and oxygen atoms in total. The van der Waals surface area contributed by atoms with Gasteiger partial charge in [-0.05, 0) is 35.9 Å². The molecule has 0 N–H and O–H groups in total. The molecule has 0 heterocycles. The highest BCUT2D eigenvalue weighted by molar-refractivity contribution is 7.80. The Morgan fingerprint density at radius 2 is 0.800 bits per heavy atom. The van der Waals surface area contributed by atoms with Crippen LogP contribution in [-0.2, 0) is 0 Å². The van der Waals surface area contributed by atoms with Gasteiger partial charge >= 0.3 is 0 Å². The van der Waals surface area contributed by atoms with Crippen molar-refractivity contribution in [3.05, 3.63) is 0 Å². The van der Waals surface area contributed by atoms with Gasteiger partial charge in [0.25, 0.3) is 0 Å². The van der Waals surface area contributed by atoms with E-state index in [2.05, 4.69) is 65.2 Å². The average molecular weight is 301 g/mol. The van der Waals surface area contributed by atoms with Crippen molar-refractivity contribution in [2.75, 3.05) is 26.2 Å². The first-order valence-electron chi connectivity index (χ1n) is 8.17. The lowest BCUT2D eigenvalue weighted by molar-refractivity contribution is 0.254. The number of rotatable bonds is 8. The fourth-order valence-electron chi connectivity index (χ4n) is 2.42. The standard InChI is InChI=1S/C17H36N2S/c1-13(2)9-18(10-14(3)4)17(20)19(11-15(5)6)12-16(7)8/h13-16H,9-12H2,1-8H3. The summed E-state index contributed by atoms with van der Waals surface area (Å²) < 4.78 is 0. The summed E-state index contributed by atoms with van der Waals surface area (Å²) in [6, 6.07) is 0. The normalized spacial score (nSPS) is 11.8. The van der Waals surface area contributed by atoms with Gasteiger partial charge < -0.3 is 9.80 Å². The molecule has 0 aromatic carbocycles. The second-order valence-electron chi connectivity index (χ2n) is 7.67. The van der Waals surface area contributed by atoms with Crippen LogP contribution in [0.5, 0.6) is 0 Å². The van der Waals surface area contributed by atoms with Gasteiger partial charge in [-0.2, -0.15) is 0 Å². The van der Waals surface area contributed by atoms with Crippen LogP contribution < -0.4 is 0 Å². The van der Waals surface area contributed by atoms with E-state index in [1.807, 2.05) is 0 Å². The van der Waals surface area contributed by atoms with E-state index >= 15 is 0 Å². The summed E-state index contributed by atoms with van der Waals surface area (Å²) in [6.07, 6.45) is 0. The molecule has 0 atom stereocenters. The molecule has 0 aliphatic rings. The van der Waals surface area contributed by atoms with Gasteiger partial charge in [-0.25, -0.2) is 0 Å². The van der Waals surface area contributed by atoms with E-state index in [-0.39, 0.29) is 0 Å². The highest BCUT2D eigenvalue weighted by Crippen LogP contribution is 2.12. The zero-order chi connectivity index (χ0) is 15.9. The van der Waals surface area contributed by atoms with E-state index in [1.165, 1.54) is 0 Å². The summed E-state index contributed by atoms with van der Waals surface area (Å²) >= 11 is 5.82. The third-order valence-electron chi connectivity index (χ3n) is 2.88. The molecule has 0 aromatic heterocycles. The van der Waals surface area contributed by atoms with Gasteiger partial charge in [-0.15, -0.1) is 0 Å². The largest absolute Gasteiger partial charge is 0.349 e. The Hall–Kier alpha value is -0.310. The maximum Gasteiger partial charge on any atom is 0.171 e. The van der Waals surface area contributed by atoms with Crippen molar-refractivity contribution in [1.82, 2.24) is 9.80 Å². The predicted molar refractivity (Wildman–Crippen MR) is 95.1 cm³/mol. The van der Waals surface area contributed by atoms with Gasteiger partial charge in [0, 0.05) is 26.2 Å². The number of hydrogen-bond acceptors (Lipinski definition) is 1. The second-order valence-corrected chi connectivity index (χ2v) is 8.03. The summed E-state index contributed by atoms with van der Waals surface area (Å²) in [4.78, 5) is 4.82. The van der Waals surface area contributed by atoms with E-state index in [0.29, 0.717) is 23.7 Å². The van der Waals surface area contributed by atoms with Crippen LogP contribution in [0.15, 0.2) is 0 Å². The van der Waals surface area contributed by atoms with Gasteiger partial charge in [0.2, 0.25) is 0 Å². The van der Waals surface area contributed by atoms with Crippen molar-refractivity contribution in [3.8, 4) is 0 Å². The summed E-state index contributed by atoms with van der Waals surface area (Å²) in [5.74, 6) is 2.58. The molecule has 0 saturated heterocycles. The predicted octanol–water partition coefficient (Wildman–Crippen LogP) is 4.50. The minimum Gasteiger partial charge on any atom is -0.349 e. The lowest BCUT2D eigenvalue weighted by Crippen LogP contribution is -2.48. The third kappa shape index (κ3) is 8.78. The molecule has 0 aliphatic heterocycles. The monoisotopic (exact) mass is 300 g/mol. The van der Waals surface area contributed by atoms with Crippen LogP contribution in [0.3, 0.4) is 0 Å². The SMILES string of the molecule is CC(C)CN(CC(C)C)C(=S)N(CC(C)C)CC(C)C. The molecule has 0 bridgehead atoms. The molecular weight excluding hydrogens is 264 g/mol. The van der Waals surface area contributed by atoms with E-state index in [0.717, 1.165) is 31.3 Å². The maximum atomic E-state index is 5.82. The van der Waals surface area contributed by atoms with Gasteiger partial charge in [-0.3, -0.25) is 0 Å². The van der Waals surface area contributed by atoms with Crippen LogP contribution in [0, 0.1) is 23.7 Å². The fourth-order valence-corrected chi connectivity index (χ4v) is 2.72. The van der Waals surface area contributed by atoms with Gasteiger partial charge in [0.05, 0.1) is 0 Å². The number of nitrogens with zero attached hydrogens (tertiary/aromatic N) is 2. The topological polar surface area (TPSA) is 6.48 Å². The Morgan fingerprint density at radius 1 is 0.600 bits per heavy atom. The van der Waals surface area contributed by atoms with Crippen molar-refractivity contribution < 1.29 is 0 Å². The van der Waals surface area contributed by atoms with Crippen LogP contribution >= 0.6 is 12.2 Å². The van der Waals surface area contributed by atoms with Crippen molar-refractivity contribution in [1.29, 1.82) is 0 Å². The van der Waals surface area contributed by atoms with Crippen molar-refractivity contribution in [2.45, 2.75) is 55.4 Å². The highest BCUT2D eigenvalue weighted by atomic mass is 32.1. The molecule has 120 valence electrons. The van der Waals surface area contributed by atoms with Gasteiger partial charge in [0.15, 0.2) is 5.11 Å². The first-order chi connectivity index (χ1) is 9.13. The first-order valence-corrected chi connectivity index (χ1v) is 8.58. The molecule has 0 saturated carbocycles. The fraction of sp³-hybridized carbons (Fsp3) is 0.941. The van der Waals surface area contributed by atoms with Crippen LogP contribution in [-0.4, -0.2) is 41.1 Å². The quantitative estimate of drug-likeness (QED) is 0.609. The molecule has 0 amide bonds.